The summed E-state index contributed by atoms with van der Waals surface area (Å²) in [5.74, 6) is 0. The first kappa shape index (κ1) is 10.5. The lowest BCUT2D eigenvalue weighted by Gasteiger charge is -2.18. The van der Waals surface area contributed by atoms with Gasteiger partial charge in [0.05, 0.1) is 0 Å². The van der Waals surface area contributed by atoms with Crippen LogP contribution in [0, 0.1) is 0 Å². The van der Waals surface area contributed by atoms with Crippen molar-refractivity contribution in [2.45, 2.75) is 32.4 Å². The second kappa shape index (κ2) is 5.20. The number of thiophene rings is 1. The number of hydrogen-bond acceptors (Lipinski definition) is 2. The van der Waals surface area contributed by atoms with Crippen molar-refractivity contribution in [2.24, 2.45) is 0 Å². The topological polar surface area (TPSA) is 12.0 Å². The maximum absolute atomic E-state index is 3.77. The summed E-state index contributed by atoms with van der Waals surface area (Å²) in [5, 5.41) is 5.63. The number of rotatable bonds is 5. The van der Waals surface area contributed by atoms with Crippen LogP contribution in [-0.4, -0.2) is 6.04 Å². The largest absolute Gasteiger partial charge is 0.303 e. The summed E-state index contributed by atoms with van der Waals surface area (Å²) < 4.78 is 0. The van der Waals surface area contributed by atoms with E-state index in [0.29, 0.717) is 12.1 Å². The first-order valence-electron chi connectivity index (χ1n) is 4.70. The highest BCUT2D eigenvalue weighted by Crippen LogP contribution is 2.21. The van der Waals surface area contributed by atoms with Gasteiger partial charge in [0.1, 0.15) is 0 Å². The molecule has 0 radical (unpaired) electrons. The van der Waals surface area contributed by atoms with Gasteiger partial charge in [0.15, 0.2) is 0 Å². The summed E-state index contributed by atoms with van der Waals surface area (Å²) in [6.07, 6.45) is 3.06. The van der Waals surface area contributed by atoms with Gasteiger partial charge in [-0.3, -0.25) is 0 Å². The normalized spacial score (nSPS) is 15.2. The molecule has 1 aromatic heterocycles. The van der Waals surface area contributed by atoms with E-state index < -0.39 is 0 Å². The molecule has 13 heavy (non-hydrogen) atoms. The zero-order valence-corrected chi connectivity index (χ0v) is 9.10. The van der Waals surface area contributed by atoms with Crippen molar-refractivity contribution in [1.82, 2.24) is 5.32 Å². The van der Waals surface area contributed by atoms with Crippen molar-refractivity contribution in [3.05, 3.63) is 35.0 Å². The fourth-order valence-electron chi connectivity index (χ4n) is 1.28. The molecule has 2 heteroatoms. The fourth-order valence-corrected chi connectivity index (χ4v) is 2.15. The van der Waals surface area contributed by atoms with Crippen LogP contribution in [0.25, 0.3) is 0 Å². The Morgan fingerprint density at radius 2 is 2.46 bits per heavy atom. The summed E-state index contributed by atoms with van der Waals surface area (Å²) in [6, 6.07) is 5.14. The van der Waals surface area contributed by atoms with Crippen molar-refractivity contribution in [2.75, 3.05) is 0 Å². The summed E-state index contributed by atoms with van der Waals surface area (Å²) in [4.78, 5) is 1.41. The molecule has 1 rings (SSSR count). The SMILES string of the molecule is C=CC(C)NC(CC)c1cccs1. The standard InChI is InChI=1S/C11H17NS/c1-4-9(3)12-10(5-2)11-7-6-8-13-11/h4,6-10,12H,1,5H2,2-3H3. The third-order valence-corrected chi connectivity index (χ3v) is 3.10. The lowest BCUT2D eigenvalue weighted by atomic mass is 10.1. The smallest absolute Gasteiger partial charge is 0.0416 e. The maximum atomic E-state index is 3.77. The van der Waals surface area contributed by atoms with Crippen LogP contribution >= 0.6 is 11.3 Å². The second-order valence-corrected chi connectivity index (χ2v) is 4.15. The molecule has 1 aromatic rings. The number of hydrogen-bond donors (Lipinski definition) is 1. The van der Waals surface area contributed by atoms with Crippen LogP contribution in [0.4, 0.5) is 0 Å². The van der Waals surface area contributed by atoms with E-state index in [4.69, 9.17) is 0 Å². The summed E-state index contributed by atoms with van der Waals surface area (Å²) in [7, 11) is 0. The molecule has 0 aromatic carbocycles. The molecule has 1 heterocycles. The fraction of sp³-hybridized carbons (Fsp3) is 0.455. The lowest BCUT2D eigenvalue weighted by molar-refractivity contribution is 0.497. The van der Waals surface area contributed by atoms with Gasteiger partial charge >= 0.3 is 0 Å². The monoisotopic (exact) mass is 195 g/mol. The molecular weight excluding hydrogens is 178 g/mol. The summed E-state index contributed by atoms with van der Waals surface area (Å²) in [5.41, 5.74) is 0. The minimum atomic E-state index is 0.382. The van der Waals surface area contributed by atoms with Crippen LogP contribution < -0.4 is 5.32 Å². The van der Waals surface area contributed by atoms with Crippen LogP contribution in [0.3, 0.4) is 0 Å². The molecule has 2 atom stereocenters. The minimum absolute atomic E-state index is 0.382. The van der Waals surface area contributed by atoms with Gasteiger partial charge in [-0.2, -0.15) is 0 Å². The van der Waals surface area contributed by atoms with Gasteiger partial charge in [-0.1, -0.05) is 19.1 Å². The molecule has 1 N–H and O–H groups in total. The Balaban J connectivity index is 2.58. The van der Waals surface area contributed by atoms with Gasteiger partial charge in [-0.05, 0) is 24.8 Å². The third-order valence-electron chi connectivity index (χ3n) is 2.11. The highest BCUT2D eigenvalue weighted by Gasteiger charge is 2.10. The molecule has 0 saturated carbocycles. The van der Waals surface area contributed by atoms with E-state index in [9.17, 15) is 0 Å². The second-order valence-electron chi connectivity index (χ2n) is 3.17. The Morgan fingerprint density at radius 3 is 2.92 bits per heavy atom. The predicted octanol–water partition coefficient (Wildman–Crippen LogP) is 3.36. The molecule has 0 spiro atoms. The Kier molecular flexibility index (Phi) is 4.19. The molecule has 1 nitrogen and oxygen atoms in total. The van der Waals surface area contributed by atoms with Crippen LogP contribution in [0.2, 0.25) is 0 Å². The Morgan fingerprint density at radius 1 is 1.69 bits per heavy atom. The van der Waals surface area contributed by atoms with Crippen molar-refractivity contribution in [3.8, 4) is 0 Å². The van der Waals surface area contributed by atoms with Crippen LogP contribution in [-0.2, 0) is 0 Å². The van der Waals surface area contributed by atoms with E-state index in [0.717, 1.165) is 6.42 Å². The molecular formula is C11H17NS. The van der Waals surface area contributed by atoms with Gasteiger partial charge in [0.2, 0.25) is 0 Å². The zero-order valence-electron chi connectivity index (χ0n) is 8.29. The molecule has 0 fully saturated rings. The molecule has 0 aliphatic rings. The van der Waals surface area contributed by atoms with Crippen LogP contribution in [0.5, 0.6) is 0 Å². The van der Waals surface area contributed by atoms with Crippen LogP contribution in [0.15, 0.2) is 30.2 Å². The zero-order chi connectivity index (χ0) is 9.68. The maximum Gasteiger partial charge on any atom is 0.0416 e. The van der Waals surface area contributed by atoms with Gasteiger partial charge in [-0.25, -0.2) is 0 Å². The minimum Gasteiger partial charge on any atom is -0.303 e. The average molecular weight is 195 g/mol. The Bertz CT molecular complexity index is 241. The van der Waals surface area contributed by atoms with Gasteiger partial charge in [0, 0.05) is 17.0 Å². The van der Waals surface area contributed by atoms with Crippen molar-refractivity contribution < 1.29 is 0 Å². The van der Waals surface area contributed by atoms with Gasteiger partial charge in [0.25, 0.3) is 0 Å². The van der Waals surface area contributed by atoms with Crippen molar-refractivity contribution in [3.63, 3.8) is 0 Å². The molecule has 0 saturated heterocycles. The third kappa shape index (κ3) is 2.98. The first-order chi connectivity index (χ1) is 6.27. The average Bonchev–Trinajstić information content (AvgIpc) is 2.66. The van der Waals surface area contributed by atoms with E-state index in [1.807, 2.05) is 17.4 Å². The van der Waals surface area contributed by atoms with Crippen molar-refractivity contribution in [1.29, 1.82) is 0 Å². The Hall–Kier alpha value is -0.600. The molecule has 2 unspecified atom stereocenters. The quantitative estimate of drug-likeness (QED) is 0.710. The Labute approximate surface area is 84.5 Å². The predicted molar refractivity (Wildman–Crippen MR) is 60.1 cm³/mol. The van der Waals surface area contributed by atoms with Gasteiger partial charge < -0.3 is 5.32 Å². The first-order valence-corrected chi connectivity index (χ1v) is 5.58. The van der Waals surface area contributed by atoms with E-state index in [1.165, 1.54) is 4.88 Å². The summed E-state index contributed by atoms with van der Waals surface area (Å²) >= 11 is 1.81. The highest BCUT2D eigenvalue weighted by atomic mass is 32.1. The van der Waals surface area contributed by atoms with Crippen molar-refractivity contribution >= 4 is 11.3 Å². The van der Waals surface area contributed by atoms with Crippen LogP contribution in [0.1, 0.15) is 31.2 Å². The molecule has 0 aliphatic heterocycles. The van der Waals surface area contributed by atoms with E-state index in [2.05, 4.69) is 43.3 Å². The van der Waals surface area contributed by atoms with E-state index >= 15 is 0 Å². The molecule has 0 bridgehead atoms. The molecule has 72 valence electrons. The van der Waals surface area contributed by atoms with Gasteiger partial charge in [-0.15, -0.1) is 17.9 Å². The molecule has 0 aliphatic carbocycles. The molecule has 0 amide bonds. The summed E-state index contributed by atoms with van der Waals surface area (Å²) in [6.45, 7) is 8.10. The number of nitrogens with one attached hydrogen (secondary N) is 1. The van der Waals surface area contributed by atoms with E-state index in [-0.39, 0.29) is 0 Å². The lowest BCUT2D eigenvalue weighted by Crippen LogP contribution is -2.27. The van der Waals surface area contributed by atoms with E-state index in [1.54, 1.807) is 0 Å². The highest BCUT2D eigenvalue weighted by molar-refractivity contribution is 7.10.